The van der Waals surface area contributed by atoms with E-state index >= 15 is 0 Å². The van der Waals surface area contributed by atoms with Crippen LogP contribution in [0.1, 0.15) is 35.5 Å². The van der Waals surface area contributed by atoms with Crippen molar-refractivity contribution < 1.29 is 9.18 Å². The topological polar surface area (TPSA) is 111 Å². The molecule has 1 aliphatic heterocycles. The van der Waals surface area contributed by atoms with E-state index in [1.165, 1.54) is 22.9 Å². The second-order valence-corrected chi connectivity index (χ2v) is 8.75. The highest BCUT2D eigenvalue weighted by atomic mass is 19.1. The van der Waals surface area contributed by atoms with Crippen molar-refractivity contribution in [3.05, 3.63) is 59.6 Å². The fourth-order valence-corrected chi connectivity index (χ4v) is 4.53. The Balaban J connectivity index is 1.55. The largest absolute Gasteiger partial charge is 0.353 e. The van der Waals surface area contributed by atoms with Gasteiger partial charge in [0.2, 0.25) is 0 Å². The van der Waals surface area contributed by atoms with Gasteiger partial charge in [-0.05, 0) is 26.8 Å². The van der Waals surface area contributed by atoms with Crippen LogP contribution in [0, 0.1) is 24.1 Å². The Labute approximate surface area is 195 Å². The number of anilines is 2. The van der Waals surface area contributed by atoms with Crippen LogP contribution < -0.4 is 15.5 Å². The number of hydrogen-bond donors (Lipinski definition) is 2. The Kier molecular flexibility index (Phi) is 5.34. The van der Waals surface area contributed by atoms with Crippen molar-refractivity contribution in [1.29, 1.82) is 5.26 Å². The lowest BCUT2D eigenvalue weighted by atomic mass is 10.1. The van der Waals surface area contributed by atoms with Gasteiger partial charge in [-0.2, -0.15) is 5.26 Å². The third-order valence-corrected chi connectivity index (χ3v) is 5.82. The van der Waals surface area contributed by atoms with Gasteiger partial charge in [-0.3, -0.25) is 9.78 Å². The summed E-state index contributed by atoms with van der Waals surface area (Å²) in [7, 11) is 0. The number of fused-ring (bicyclic) bond motifs is 2. The molecule has 2 N–H and O–H groups in total. The Morgan fingerprint density at radius 2 is 1.97 bits per heavy atom. The monoisotopic (exact) mass is 458 g/mol. The van der Waals surface area contributed by atoms with Crippen LogP contribution in [0.3, 0.4) is 0 Å². The summed E-state index contributed by atoms with van der Waals surface area (Å²) in [5, 5.41) is 16.3. The molecule has 0 aromatic carbocycles. The van der Waals surface area contributed by atoms with Gasteiger partial charge in [0, 0.05) is 61.4 Å². The van der Waals surface area contributed by atoms with Crippen LogP contribution in [0.5, 0.6) is 0 Å². The zero-order valence-electron chi connectivity index (χ0n) is 19.0. The third-order valence-electron chi connectivity index (χ3n) is 5.82. The summed E-state index contributed by atoms with van der Waals surface area (Å²) in [6.45, 7) is 7.44. The van der Waals surface area contributed by atoms with Crippen molar-refractivity contribution in [2.24, 2.45) is 0 Å². The smallest absolute Gasteiger partial charge is 0.259 e. The SMILES string of the molecule is Cc1cn2cc(NC(=O)c3cnc(N4C[C@@H](C)N[C@H](C)C4)c4cc(C#N)cnc34)cc(F)c2n1. The van der Waals surface area contributed by atoms with E-state index in [9.17, 15) is 14.4 Å². The van der Waals surface area contributed by atoms with Crippen molar-refractivity contribution in [3.63, 3.8) is 0 Å². The molecule has 5 heterocycles. The molecule has 34 heavy (non-hydrogen) atoms. The molecule has 1 aliphatic rings. The molecule has 5 rings (SSSR count). The van der Waals surface area contributed by atoms with Gasteiger partial charge >= 0.3 is 0 Å². The molecule has 10 heteroatoms. The summed E-state index contributed by atoms with van der Waals surface area (Å²) in [6.07, 6.45) is 6.21. The van der Waals surface area contributed by atoms with Gasteiger partial charge in [-0.25, -0.2) is 14.4 Å². The second-order valence-electron chi connectivity index (χ2n) is 8.75. The number of halogens is 1. The Bertz CT molecular complexity index is 1460. The number of nitrogens with zero attached hydrogens (tertiary/aromatic N) is 6. The molecule has 0 bridgehead atoms. The number of aromatic nitrogens is 4. The van der Waals surface area contributed by atoms with Gasteiger partial charge in [0.15, 0.2) is 11.5 Å². The molecule has 0 unspecified atom stereocenters. The number of aryl methyl sites for hydroxylation is 1. The highest BCUT2D eigenvalue weighted by Crippen LogP contribution is 2.29. The number of piperazine rings is 1. The van der Waals surface area contributed by atoms with Crippen molar-refractivity contribution >= 4 is 34.0 Å². The van der Waals surface area contributed by atoms with Crippen molar-refractivity contribution in [3.8, 4) is 6.07 Å². The zero-order chi connectivity index (χ0) is 24.0. The highest BCUT2D eigenvalue weighted by Gasteiger charge is 2.25. The van der Waals surface area contributed by atoms with Crippen LogP contribution >= 0.6 is 0 Å². The number of carbonyl (C=O) groups is 1. The van der Waals surface area contributed by atoms with E-state index in [0.717, 1.165) is 13.1 Å². The number of rotatable bonds is 3. The lowest BCUT2D eigenvalue weighted by Crippen LogP contribution is -2.54. The number of pyridine rings is 3. The molecule has 1 fully saturated rings. The van der Waals surface area contributed by atoms with Gasteiger partial charge < -0.3 is 19.9 Å². The summed E-state index contributed by atoms with van der Waals surface area (Å²) in [4.78, 5) is 28.5. The van der Waals surface area contributed by atoms with Crippen LogP contribution in [0.2, 0.25) is 0 Å². The summed E-state index contributed by atoms with van der Waals surface area (Å²) < 4.78 is 16.0. The Morgan fingerprint density at radius 3 is 2.71 bits per heavy atom. The van der Waals surface area contributed by atoms with E-state index in [1.54, 1.807) is 25.4 Å². The van der Waals surface area contributed by atoms with Crippen molar-refractivity contribution in [2.45, 2.75) is 32.9 Å². The van der Waals surface area contributed by atoms with Crippen LogP contribution in [0.4, 0.5) is 15.9 Å². The number of amides is 1. The second kappa shape index (κ2) is 8.35. The highest BCUT2D eigenvalue weighted by molar-refractivity contribution is 6.13. The number of nitriles is 1. The first-order valence-corrected chi connectivity index (χ1v) is 11.0. The molecule has 4 aromatic rings. The fraction of sp³-hybridized carbons (Fsp3) is 0.292. The van der Waals surface area contributed by atoms with Gasteiger partial charge in [0.1, 0.15) is 11.9 Å². The number of carbonyl (C=O) groups excluding carboxylic acids is 1. The van der Waals surface area contributed by atoms with Gasteiger partial charge in [-0.1, -0.05) is 0 Å². The molecular weight excluding hydrogens is 435 g/mol. The minimum Gasteiger partial charge on any atom is -0.353 e. The molecule has 4 aromatic heterocycles. The molecule has 9 nitrogen and oxygen atoms in total. The van der Waals surface area contributed by atoms with E-state index in [2.05, 4.69) is 50.4 Å². The molecule has 1 amide bonds. The van der Waals surface area contributed by atoms with Gasteiger partial charge in [0.25, 0.3) is 5.91 Å². The molecule has 2 atom stereocenters. The summed E-state index contributed by atoms with van der Waals surface area (Å²) >= 11 is 0. The summed E-state index contributed by atoms with van der Waals surface area (Å²) in [5.41, 5.74) is 2.19. The minimum atomic E-state index is -0.539. The number of hydrogen-bond acceptors (Lipinski definition) is 7. The van der Waals surface area contributed by atoms with Crippen LogP contribution in [-0.2, 0) is 0 Å². The average molecular weight is 459 g/mol. The predicted molar refractivity (Wildman–Crippen MR) is 126 cm³/mol. The first-order chi connectivity index (χ1) is 16.3. The van der Waals surface area contributed by atoms with E-state index in [1.807, 2.05) is 0 Å². The third kappa shape index (κ3) is 3.91. The van der Waals surface area contributed by atoms with Gasteiger partial charge in [-0.15, -0.1) is 0 Å². The van der Waals surface area contributed by atoms with Crippen LogP contribution in [0.25, 0.3) is 16.6 Å². The van der Waals surface area contributed by atoms with Crippen LogP contribution in [0.15, 0.2) is 36.9 Å². The first-order valence-electron chi connectivity index (χ1n) is 11.0. The lowest BCUT2D eigenvalue weighted by molar-refractivity contribution is 0.102. The Morgan fingerprint density at radius 1 is 1.21 bits per heavy atom. The molecule has 0 spiro atoms. The fourth-order valence-electron chi connectivity index (χ4n) is 4.53. The van der Waals surface area contributed by atoms with E-state index < -0.39 is 11.7 Å². The zero-order valence-corrected chi connectivity index (χ0v) is 19.0. The van der Waals surface area contributed by atoms with E-state index in [4.69, 9.17) is 0 Å². The van der Waals surface area contributed by atoms with E-state index in [0.29, 0.717) is 28.0 Å². The minimum absolute atomic E-state index is 0.192. The predicted octanol–water partition coefficient (Wildman–Crippen LogP) is 3.04. The quantitative estimate of drug-likeness (QED) is 0.485. The summed E-state index contributed by atoms with van der Waals surface area (Å²) in [5.74, 6) is -0.334. The standard InChI is InChI=1S/C24H23FN8O/c1-13-9-32(10-14(2)29-13)22-18-4-16(6-26)7-27-21(18)19(8-28-22)24(34)31-17-5-20(25)23-30-15(3)11-33(23)12-17/h4-5,7-8,11-14,29H,9-10H2,1-3H3,(H,31,34)/t13-,14-/m1/s1. The van der Waals surface area contributed by atoms with Crippen LogP contribution in [-0.4, -0.2) is 50.4 Å². The molecule has 0 aliphatic carbocycles. The maximum absolute atomic E-state index is 14.5. The maximum atomic E-state index is 14.5. The maximum Gasteiger partial charge on any atom is 0.259 e. The van der Waals surface area contributed by atoms with Gasteiger partial charge in [0.05, 0.1) is 28.0 Å². The lowest BCUT2D eigenvalue weighted by Gasteiger charge is -2.37. The first kappa shape index (κ1) is 21.7. The average Bonchev–Trinajstić information content (AvgIpc) is 3.18. The molecular formula is C24H23FN8O. The molecule has 0 radical (unpaired) electrons. The molecule has 172 valence electrons. The summed E-state index contributed by atoms with van der Waals surface area (Å²) in [6, 6.07) is 5.56. The normalized spacial score (nSPS) is 18.3. The van der Waals surface area contributed by atoms with E-state index in [-0.39, 0.29) is 29.0 Å². The van der Waals surface area contributed by atoms with Crippen molar-refractivity contribution in [2.75, 3.05) is 23.3 Å². The Hall–Kier alpha value is -4.10. The molecule has 0 saturated carbocycles. The molecule has 1 saturated heterocycles. The number of nitrogens with one attached hydrogen (secondary N) is 2. The van der Waals surface area contributed by atoms with Crippen molar-refractivity contribution in [1.82, 2.24) is 24.7 Å². The number of imidazole rings is 1.